The van der Waals surface area contributed by atoms with Crippen LogP contribution >= 0.6 is 15.9 Å². The van der Waals surface area contributed by atoms with Crippen LogP contribution in [0.4, 0.5) is 5.69 Å². The van der Waals surface area contributed by atoms with Gasteiger partial charge in [-0.1, -0.05) is 40.2 Å². The van der Waals surface area contributed by atoms with E-state index in [0.717, 1.165) is 21.3 Å². The van der Waals surface area contributed by atoms with Crippen LogP contribution in [0.5, 0.6) is 0 Å². The second-order valence-electron chi connectivity index (χ2n) is 3.58. The van der Waals surface area contributed by atoms with Crippen LogP contribution in [-0.2, 0) is 0 Å². The standard InChI is InChI=1S/C13H12BrN/c1-9-5-6-11(8-13(9)15)10-3-2-4-12(14)7-10/h2-8H,15H2,1H3. The Morgan fingerprint density at radius 2 is 1.73 bits per heavy atom. The van der Waals surface area contributed by atoms with Crippen LogP contribution in [0.3, 0.4) is 0 Å². The Morgan fingerprint density at radius 1 is 1.00 bits per heavy atom. The molecule has 2 N–H and O–H groups in total. The highest BCUT2D eigenvalue weighted by Crippen LogP contribution is 2.25. The monoisotopic (exact) mass is 261 g/mol. The average molecular weight is 262 g/mol. The third-order valence-corrected chi connectivity index (χ3v) is 2.93. The van der Waals surface area contributed by atoms with E-state index in [-0.39, 0.29) is 0 Å². The molecule has 1 nitrogen and oxygen atoms in total. The first-order chi connectivity index (χ1) is 7.16. The van der Waals surface area contributed by atoms with Crippen molar-refractivity contribution in [3.8, 4) is 11.1 Å². The van der Waals surface area contributed by atoms with E-state index in [1.807, 2.05) is 31.2 Å². The lowest BCUT2D eigenvalue weighted by Gasteiger charge is -2.05. The molecule has 0 amide bonds. The van der Waals surface area contributed by atoms with Crippen LogP contribution in [0.15, 0.2) is 46.9 Å². The van der Waals surface area contributed by atoms with Gasteiger partial charge in [0.2, 0.25) is 0 Å². The normalized spacial score (nSPS) is 10.3. The quantitative estimate of drug-likeness (QED) is 0.772. The molecule has 0 aliphatic heterocycles. The van der Waals surface area contributed by atoms with Gasteiger partial charge in [-0.2, -0.15) is 0 Å². The molecule has 0 atom stereocenters. The largest absolute Gasteiger partial charge is 0.398 e. The maximum Gasteiger partial charge on any atom is 0.0349 e. The zero-order valence-corrected chi connectivity index (χ0v) is 10.1. The maximum absolute atomic E-state index is 5.88. The van der Waals surface area contributed by atoms with Crippen molar-refractivity contribution in [1.29, 1.82) is 0 Å². The Labute approximate surface area is 98.1 Å². The highest BCUT2D eigenvalue weighted by molar-refractivity contribution is 9.10. The van der Waals surface area contributed by atoms with Gasteiger partial charge in [0.1, 0.15) is 0 Å². The van der Waals surface area contributed by atoms with Crippen LogP contribution in [0.25, 0.3) is 11.1 Å². The molecule has 15 heavy (non-hydrogen) atoms. The first kappa shape index (κ1) is 10.2. The lowest BCUT2D eigenvalue weighted by molar-refractivity contribution is 1.46. The van der Waals surface area contributed by atoms with E-state index < -0.39 is 0 Å². The topological polar surface area (TPSA) is 26.0 Å². The van der Waals surface area contributed by atoms with Gasteiger partial charge in [-0.15, -0.1) is 0 Å². The lowest BCUT2D eigenvalue weighted by atomic mass is 10.0. The molecule has 0 aromatic heterocycles. The molecule has 0 saturated heterocycles. The number of benzene rings is 2. The SMILES string of the molecule is Cc1ccc(-c2cccc(Br)c2)cc1N. The molecule has 0 spiro atoms. The van der Waals surface area contributed by atoms with Gasteiger partial charge >= 0.3 is 0 Å². The van der Waals surface area contributed by atoms with Crippen molar-refractivity contribution >= 4 is 21.6 Å². The van der Waals surface area contributed by atoms with Crippen LogP contribution in [0.2, 0.25) is 0 Å². The summed E-state index contributed by atoms with van der Waals surface area (Å²) >= 11 is 3.46. The Morgan fingerprint density at radius 3 is 2.40 bits per heavy atom. The molecule has 0 fully saturated rings. The summed E-state index contributed by atoms with van der Waals surface area (Å²) in [5.41, 5.74) is 10.2. The molecule has 76 valence electrons. The zero-order valence-electron chi connectivity index (χ0n) is 8.50. The summed E-state index contributed by atoms with van der Waals surface area (Å²) in [7, 11) is 0. The number of nitrogens with two attached hydrogens (primary N) is 1. The molecule has 0 saturated carbocycles. The molecule has 2 heteroatoms. The zero-order chi connectivity index (χ0) is 10.8. The Bertz CT molecular complexity index is 492. The number of hydrogen-bond acceptors (Lipinski definition) is 1. The van der Waals surface area contributed by atoms with Crippen LogP contribution in [0, 0.1) is 6.92 Å². The summed E-state index contributed by atoms with van der Waals surface area (Å²) in [6.07, 6.45) is 0. The predicted molar refractivity (Wildman–Crippen MR) is 68.7 cm³/mol. The molecule has 0 unspecified atom stereocenters. The number of rotatable bonds is 1. The molecule has 0 heterocycles. The number of hydrogen-bond donors (Lipinski definition) is 1. The highest BCUT2D eigenvalue weighted by atomic mass is 79.9. The average Bonchev–Trinajstić information content (AvgIpc) is 2.22. The number of anilines is 1. The van der Waals surface area contributed by atoms with Gasteiger partial charge in [-0.3, -0.25) is 0 Å². The Kier molecular flexibility index (Phi) is 2.78. The van der Waals surface area contributed by atoms with Gasteiger partial charge in [0, 0.05) is 10.2 Å². The third-order valence-electron chi connectivity index (χ3n) is 2.44. The molecular formula is C13H12BrN. The van der Waals surface area contributed by atoms with Crippen LogP contribution < -0.4 is 5.73 Å². The number of halogens is 1. The molecule has 0 aliphatic rings. The van der Waals surface area contributed by atoms with Gasteiger partial charge in [-0.05, 0) is 41.8 Å². The second kappa shape index (κ2) is 4.07. The first-order valence-corrected chi connectivity index (χ1v) is 5.58. The molecule has 0 bridgehead atoms. The fourth-order valence-corrected chi connectivity index (χ4v) is 1.89. The molecule has 0 radical (unpaired) electrons. The smallest absolute Gasteiger partial charge is 0.0349 e. The number of aryl methyl sites for hydroxylation is 1. The first-order valence-electron chi connectivity index (χ1n) is 4.79. The van der Waals surface area contributed by atoms with Crippen LogP contribution in [0.1, 0.15) is 5.56 Å². The Balaban J connectivity index is 2.50. The Hall–Kier alpha value is -1.28. The molecule has 2 aromatic carbocycles. The minimum absolute atomic E-state index is 0.840. The lowest BCUT2D eigenvalue weighted by Crippen LogP contribution is -1.89. The van der Waals surface area contributed by atoms with Crippen molar-refractivity contribution in [2.75, 3.05) is 5.73 Å². The van der Waals surface area contributed by atoms with Crippen molar-refractivity contribution in [3.05, 3.63) is 52.5 Å². The predicted octanol–water partition coefficient (Wildman–Crippen LogP) is 4.01. The van der Waals surface area contributed by atoms with E-state index >= 15 is 0 Å². The van der Waals surface area contributed by atoms with Crippen molar-refractivity contribution < 1.29 is 0 Å². The van der Waals surface area contributed by atoms with E-state index in [1.54, 1.807) is 0 Å². The van der Waals surface area contributed by atoms with Gasteiger partial charge < -0.3 is 5.73 Å². The molecule has 2 rings (SSSR count). The van der Waals surface area contributed by atoms with Gasteiger partial charge in [0.05, 0.1) is 0 Å². The summed E-state index contributed by atoms with van der Waals surface area (Å²) in [4.78, 5) is 0. The van der Waals surface area contributed by atoms with Crippen LogP contribution in [-0.4, -0.2) is 0 Å². The highest BCUT2D eigenvalue weighted by Gasteiger charge is 2.00. The fraction of sp³-hybridized carbons (Fsp3) is 0.0769. The summed E-state index contributed by atoms with van der Waals surface area (Å²) < 4.78 is 1.08. The van der Waals surface area contributed by atoms with E-state index in [0.29, 0.717) is 0 Å². The summed E-state index contributed by atoms with van der Waals surface area (Å²) in [5, 5.41) is 0. The van der Waals surface area contributed by atoms with Crippen molar-refractivity contribution in [3.63, 3.8) is 0 Å². The van der Waals surface area contributed by atoms with E-state index in [4.69, 9.17) is 5.73 Å². The van der Waals surface area contributed by atoms with E-state index in [9.17, 15) is 0 Å². The molecule has 2 aromatic rings. The van der Waals surface area contributed by atoms with E-state index in [1.165, 1.54) is 5.56 Å². The van der Waals surface area contributed by atoms with Gasteiger partial charge in [0.15, 0.2) is 0 Å². The maximum atomic E-state index is 5.88. The molecular weight excluding hydrogens is 250 g/mol. The second-order valence-corrected chi connectivity index (χ2v) is 4.50. The van der Waals surface area contributed by atoms with E-state index in [2.05, 4.69) is 34.1 Å². The van der Waals surface area contributed by atoms with Gasteiger partial charge in [0.25, 0.3) is 0 Å². The summed E-state index contributed by atoms with van der Waals surface area (Å²) in [6, 6.07) is 14.4. The van der Waals surface area contributed by atoms with Crippen molar-refractivity contribution in [2.45, 2.75) is 6.92 Å². The fourth-order valence-electron chi connectivity index (χ4n) is 1.49. The minimum atomic E-state index is 0.840. The third kappa shape index (κ3) is 2.21. The summed E-state index contributed by atoms with van der Waals surface area (Å²) in [6.45, 7) is 2.01. The van der Waals surface area contributed by atoms with Gasteiger partial charge in [-0.25, -0.2) is 0 Å². The minimum Gasteiger partial charge on any atom is -0.398 e. The molecule has 0 aliphatic carbocycles. The van der Waals surface area contributed by atoms with Crippen molar-refractivity contribution in [2.24, 2.45) is 0 Å². The number of nitrogen functional groups attached to an aromatic ring is 1. The summed E-state index contributed by atoms with van der Waals surface area (Å²) in [5.74, 6) is 0. The van der Waals surface area contributed by atoms with Crippen molar-refractivity contribution in [1.82, 2.24) is 0 Å².